The number of carboxylic acids is 1. The second-order valence-electron chi connectivity index (χ2n) is 5.32. The lowest BCUT2D eigenvalue weighted by Gasteiger charge is -2.33. The molecule has 1 aliphatic rings. The Morgan fingerprint density at radius 3 is 2.65 bits per heavy atom. The predicted molar refractivity (Wildman–Crippen MR) is 75.8 cm³/mol. The van der Waals surface area contributed by atoms with Gasteiger partial charge in [0.25, 0.3) is 0 Å². The van der Waals surface area contributed by atoms with Crippen molar-refractivity contribution in [2.75, 3.05) is 13.1 Å². The highest BCUT2D eigenvalue weighted by molar-refractivity contribution is 5.85. The smallest absolute Gasteiger partial charge is 0.352 e. The Bertz CT molecular complexity index is 473. The molecule has 0 radical (unpaired) electrons. The first-order valence-electron chi connectivity index (χ1n) is 7.31. The van der Waals surface area contributed by atoms with Crippen molar-refractivity contribution in [3.63, 3.8) is 0 Å². The van der Waals surface area contributed by atoms with Crippen LogP contribution in [0.2, 0.25) is 0 Å². The molecule has 2 heterocycles. The van der Waals surface area contributed by atoms with Crippen molar-refractivity contribution in [3.8, 4) is 0 Å². The number of hydrogen-bond acceptors (Lipinski definition) is 2. The lowest BCUT2D eigenvalue weighted by molar-refractivity contribution is -0.132. The van der Waals surface area contributed by atoms with E-state index >= 15 is 0 Å². The van der Waals surface area contributed by atoms with Crippen molar-refractivity contribution in [2.45, 2.75) is 45.1 Å². The normalized spacial score (nSPS) is 16.4. The number of unbranched alkanes of at least 4 members (excludes halogenated alkanes) is 1. The summed E-state index contributed by atoms with van der Waals surface area (Å²) < 4.78 is 1.83. The highest BCUT2D eigenvalue weighted by atomic mass is 16.4. The number of likely N-dealkylation sites (tertiary alicyclic amines) is 1. The maximum atomic E-state index is 12.0. The van der Waals surface area contributed by atoms with Gasteiger partial charge >= 0.3 is 5.97 Å². The van der Waals surface area contributed by atoms with E-state index in [1.54, 1.807) is 12.1 Å². The third-order valence-electron chi connectivity index (χ3n) is 3.95. The maximum absolute atomic E-state index is 12.0. The zero-order valence-corrected chi connectivity index (χ0v) is 11.9. The molecule has 1 aromatic rings. The van der Waals surface area contributed by atoms with E-state index < -0.39 is 5.97 Å². The van der Waals surface area contributed by atoms with E-state index in [1.807, 2.05) is 15.7 Å². The number of aromatic nitrogens is 1. The zero-order chi connectivity index (χ0) is 14.5. The Balaban J connectivity index is 1.92. The van der Waals surface area contributed by atoms with Gasteiger partial charge in [-0.15, -0.1) is 0 Å². The number of carbonyl (C=O) groups is 2. The number of hydrogen-bond donors (Lipinski definition) is 1. The minimum atomic E-state index is -0.892. The number of amides is 1. The van der Waals surface area contributed by atoms with Gasteiger partial charge in [0.1, 0.15) is 5.69 Å². The van der Waals surface area contributed by atoms with Gasteiger partial charge in [-0.25, -0.2) is 4.79 Å². The molecular formula is C15H22N2O3. The standard InChI is InChI=1S/C15H22N2O3/c1-2-3-6-14(18)16-10-7-12(8-11-16)17-9-4-5-13(17)15(19)20/h4-5,9,12H,2-3,6-8,10-11H2,1H3,(H,19,20). The average Bonchev–Trinajstić information content (AvgIpc) is 2.94. The maximum Gasteiger partial charge on any atom is 0.352 e. The molecule has 1 aliphatic heterocycles. The SMILES string of the molecule is CCCCC(=O)N1CCC(n2cccc2C(=O)O)CC1. The molecule has 0 saturated carbocycles. The largest absolute Gasteiger partial charge is 0.477 e. The van der Waals surface area contributed by atoms with Gasteiger partial charge in [0.2, 0.25) is 5.91 Å². The van der Waals surface area contributed by atoms with Crippen molar-refractivity contribution in [3.05, 3.63) is 24.0 Å². The molecule has 2 rings (SSSR count). The van der Waals surface area contributed by atoms with Crippen LogP contribution in [0.3, 0.4) is 0 Å². The van der Waals surface area contributed by atoms with Crippen LogP contribution in [0.4, 0.5) is 0 Å². The van der Waals surface area contributed by atoms with Crippen LogP contribution in [0.25, 0.3) is 0 Å². The summed E-state index contributed by atoms with van der Waals surface area (Å²) in [6, 6.07) is 3.58. The summed E-state index contributed by atoms with van der Waals surface area (Å²) in [5, 5.41) is 9.14. The second kappa shape index (κ2) is 6.59. The van der Waals surface area contributed by atoms with Crippen LogP contribution in [0, 0.1) is 0 Å². The number of aromatic carboxylic acids is 1. The zero-order valence-electron chi connectivity index (χ0n) is 11.9. The van der Waals surface area contributed by atoms with Gasteiger partial charge in [0.15, 0.2) is 0 Å². The second-order valence-corrected chi connectivity index (χ2v) is 5.32. The van der Waals surface area contributed by atoms with Gasteiger partial charge in [0.05, 0.1) is 0 Å². The van der Waals surface area contributed by atoms with Crippen molar-refractivity contribution >= 4 is 11.9 Å². The van der Waals surface area contributed by atoms with Crippen LogP contribution < -0.4 is 0 Å². The van der Waals surface area contributed by atoms with Crippen LogP contribution in [0.15, 0.2) is 18.3 Å². The number of carboxylic acid groups (broad SMARTS) is 1. The molecule has 1 aromatic heterocycles. The summed E-state index contributed by atoms with van der Waals surface area (Å²) in [6.45, 7) is 3.54. The Hall–Kier alpha value is -1.78. The highest BCUT2D eigenvalue weighted by Gasteiger charge is 2.25. The van der Waals surface area contributed by atoms with Gasteiger partial charge in [-0.1, -0.05) is 13.3 Å². The topological polar surface area (TPSA) is 62.5 Å². The fraction of sp³-hybridized carbons (Fsp3) is 0.600. The Morgan fingerprint density at radius 2 is 2.05 bits per heavy atom. The highest BCUT2D eigenvalue weighted by Crippen LogP contribution is 2.25. The molecule has 5 heteroatoms. The van der Waals surface area contributed by atoms with Crippen LogP contribution in [0.5, 0.6) is 0 Å². The summed E-state index contributed by atoms with van der Waals surface area (Å²) >= 11 is 0. The minimum absolute atomic E-state index is 0.186. The molecule has 5 nitrogen and oxygen atoms in total. The molecule has 0 unspecified atom stereocenters. The molecular weight excluding hydrogens is 256 g/mol. The van der Waals surface area contributed by atoms with E-state index in [0.717, 1.165) is 38.8 Å². The third kappa shape index (κ3) is 3.21. The summed E-state index contributed by atoms with van der Waals surface area (Å²) in [4.78, 5) is 25.0. The molecule has 0 spiro atoms. The van der Waals surface area contributed by atoms with Crippen molar-refractivity contribution in [1.82, 2.24) is 9.47 Å². The first-order chi connectivity index (χ1) is 9.63. The molecule has 110 valence electrons. The fourth-order valence-electron chi connectivity index (χ4n) is 2.77. The molecule has 0 aliphatic carbocycles. The van der Waals surface area contributed by atoms with Gasteiger partial charge < -0.3 is 14.6 Å². The van der Waals surface area contributed by atoms with E-state index in [-0.39, 0.29) is 11.9 Å². The van der Waals surface area contributed by atoms with Crippen LogP contribution in [-0.4, -0.2) is 39.5 Å². The molecule has 1 amide bonds. The number of piperidine rings is 1. The average molecular weight is 278 g/mol. The minimum Gasteiger partial charge on any atom is -0.477 e. The Kier molecular flexibility index (Phi) is 4.82. The van der Waals surface area contributed by atoms with Crippen molar-refractivity contribution in [1.29, 1.82) is 0 Å². The quantitative estimate of drug-likeness (QED) is 0.900. The van der Waals surface area contributed by atoms with Crippen LogP contribution in [-0.2, 0) is 4.79 Å². The fourth-order valence-corrected chi connectivity index (χ4v) is 2.77. The molecule has 0 atom stereocenters. The van der Waals surface area contributed by atoms with Crippen LogP contribution in [0.1, 0.15) is 55.6 Å². The van der Waals surface area contributed by atoms with Gasteiger partial charge in [-0.3, -0.25) is 4.79 Å². The lowest BCUT2D eigenvalue weighted by Crippen LogP contribution is -2.39. The van der Waals surface area contributed by atoms with E-state index in [2.05, 4.69) is 6.92 Å². The summed E-state index contributed by atoms with van der Waals surface area (Å²) in [7, 11) is 0. The molecule has 1 saturated heterocycles. The van der Waals surface area contributed by atoms with Crippen molar-refractivity contribution < 1.29 is 14.7 Å². The Labute approximate surface area is 119 Å². The predicted octanol–water partition coefficient (Wildman–Crippen LogP) is 2.54. The summed E-state index contributed by atoms with van der Waals surface area (Å²) in [5.74, 6) is -0.660. The first kappa shape index (κ1) is 14.6. The molecule has 20 heavy (non-hydrogen) atoms. The summed E-state index contributed by atoms with van der Waals surface area (Å²) in [6.07, 6.45) is 6.08. The molecule has 1 fully saturated rings. The van der Waals surface area contributed by atoms with Crippen LogP contribution >= 0.6 is 0 Å². The molecule has 1 N–H and O–H groups in total. The molecule has 0 aromatic carbocycles. The number of rotatable bonds is 5. The Morgan fingerprint density at radius 1 is 1.35 bits per heavy atom. The lowest BCUT2D eigenvalue weighted by atomic mass is 10.0. The van der Waals surface area contributed by atoms with E-state index in [1.165, 1.54) is 0 Å². The van der Waals surface area contributed by atoms with E-state index in [9.17, 15) is 9.59 Å². The number of nitrogens with zero attached hydrogens (tertiary/aromatic N) is 2. The van der Waals surface area contributed by atoms with Crippen molar-refractivity contribution in [2.24, 2.45) is 0 Å². The van der Waals surface area contributed by atoms with E-state index in [0.29, 0.717) is 12.1 Å². The van der Waals surface area contributed by atoms with Gasteiger partial charge in [-0.05, 0) is 31.4 Å². The monoisotopic (exact) mass is 278 g/mol. The number of carbonyl (C=O) groups excluding carboxylic acids is 1. The van der Waals surface area contributed by atoms with Gasteiger partial charge in [0, 0.05) is 31.7 Å². The summed E-state index contributed by atoms with van der Waals surface area (Å²) in [5.41, 5.74) is 0.334. The third-order valence-corrected chi connectivity index (χ3v) is 3.95. The van der Waals surface area contributed by atoms with Gasteiger partial charge in [-0.2, -0.15) is 0 Å². The molecule has 0 bridgehead atoms. The van der Waals surface area contributed by atoms with E-state index in [4.69, 9.17) is 5.11 Å². The first-order valence-corrected chi connectivity index (χ1v) is 7.31.